The molecule has 1 heterocycles. The summed E-state index contributed by atoms with van der Waals surface area (Å²) in [6.07, 6.45) is 0. The van der Waals surface area contributed by atoms with E-state index in [2.05, 4.69) is 12.1 Å². The third-order valence-corrected chi connectivity index (χ3v) is 3.27. The van der Waals surface area contributed by atoms with E-state index in [9.17, 15) is 0 Å². The van der Waals surface area contributed by atoms with Crippen LogP contribution in [0.3, 0.4) is 0 Å². The first-order chi connectivity index (χ1) is 7.90. The van der Waals surface area contributed by atoms with Gasteiger partial charge in [-0.2, -0.15) is 0 Å². The molecular formula is C14H11ClO. The molecule has 1 aliphatic rings. The SMILES string of the molecule is ClCC1c2ccccc2Oc2ccccc21. The van der Waals surface area contributed by atoms with Crippen LogP contribution in [0.2, 0.25) is 0 Å². The van der Waals surface area contributed by atoms with E-state index in [1.165, 1.54) is 11.1 Å². The molecule has 0 aromatic heterocycles. The zero-order chi connectivity index (χ0) is 11.0. The van der Waals surface area contributed by atoms with E-state index in [-0.39, 0.29) is 5.92 Å². The van der Waals surface area contributed by atoms with Gasteiger partial charge in [0.05, 0.1) is 0 Å². The number of rotatable bonds is 1. The second-order valence-corrected chi connectivity index (χ2v) is 4.19. The minimum absolute atomic E-state index is 0.239. The van der Waals surface area contributed by atoms with Crippen LogP contribution in [0.5, 0.6) is 11.5 Å². The molecule has 3 rings (SSSR count). The molecule has 0 unspecified atom stereocenters. The molecule has 0 saturated carbocycles. The third kappa shape index (κ3) is 1.40. The average molecular weight is 231 g/mol. The van der Waals surface area contributed by atoms with Crippen molar-refractivity contribution in [2.45, 2.75) is 5.92 Å². The molecule has 0 N–H and O–H groups in total. The highest BCUT2D eigenvalue weighted by molar-refractivity contribution is 6.18. The largest absolute Gasteiger partial charge is 0.457 e. The van der Waals surface area contributed by atoms with Gasteiger partial charge in [-0.05, 0) is 12.1 Å². The van der Waals surface area contributed by atoms with Crippen molar-refractivity contribution in [3.63, 3.8) is 0 Å². The second-order valence-electron chi connectivity index (χ2n) is 3.88. The van der Waals surface area contributed by atoms with Crippen LogP contribution in [-0.4, -0.2) is 5.88 Å². The quantitative estimate of drug-likeness (QED) is 0.669. The number of hydrogen-bond acceptors (Lipinski definition) is 1. The van der Waals surface area contributed by atoms with Crippen molar-refractivity contribution in [1.82, 2.24) is 0 Å². The maximum Gasteiger partial charge on any atom is 0.131 e. The van der Waals surface area contributed by atoms with Crippen LogP contribution >= 0.6 is 11.6 Å². The van der Waals surface area contributed by atoms with E-state index in [0.717, 1.165) is 11.5 Å². The Bertz CT molecular complexity index is 476. The monoisotopic (exact) mass is 230 g/mol. The lowest BCUT2D eigenvalue weighted by molar-refractivity contribution is 0.450. The van der Waals surface area contributed by atoms with Crippen LogP contribution in [0.15, 0.2) is 48.5 Å². The van der Waals surface area contributed by atoms with Gasteiger partial charge in [-0.3, -0.25) is 0 Å². The maximum absolute atomic E-state index is 6.08. The number of alkyl halides is 1. The summed E-state index contributed by atoms with van der Waals surface area (Å²) in [5, 5.41) is 0. The summed E-state index contributed by atoms with van der Waals surface area (Å²) in [7, 11) is 0. The van der Waals surface area contributed by atoms with Gasteiger partial charge in [0.2, 0.25) is 0 Å². The average Bonchev–Trinajstić information content (AvgIpc) is 2.36. The Balaban J connectivity index is 2.19. The fourth-order valence-corrected chi connectivity index (χ4v) is 2.51. The molecule has 1 nitrogen and oxygen atoms in total. The van der Waals surface area contributed by atoms with E-state index >= 15 is 0 Å². The highest BCUT2D eigenvalue weighted by Gasteiger charge is 2.25. The zero-order valence-electron chi connectivity index (χ0n) is 8.69. The van der Waals surface area contributed by atoms with E-state index in [1.807, 2.05) is 36.4 Å². The van der Waals surface area contributed by atoms with Crippen LogP contribution in [0.25, 0.3) is 0 Å². The van der Waals surface area contributed by atoms with Crippen molar-refractivity contribution < 1.29 is 4.74 Å². The van der Waals surface area contributed by atoms with Crippen LogP contribution in [0.4, 0.5) is 0 Å². The van der Waals surface area contributed by atoms with E-state index in [1.54, 1.807) is 0 Å². The van der Waals surface area contributed by atoms with Crippen molar-refractivity contribution in [3.05, 3.63) is 59.7 Å². The first-order valence-electron chi connectivity index (χ1n) is 5.32. The highest BCUT2D eigenvalue weighted by atomic mass is 35.5. The third-order valence-electron chi connectivity index (χ3n) is 2.96. The Morgan fingerprint density at radius 1 is 0.875 bits per heavy atom. The van der Waals surface area contributed by atoms with Crippen LogP contribution in [0.1, 0.15) is 17.0 Å². The predicted molar refractivity (Wildman–Crippen MR) is 65.5 cm³/mol. The summed E-state index contributed by atoms with van der Waals surface area (Å²) >= 11 is 6.08. The molecule has 0 radical (unpaired) electrons. The van der Waals surface area contributed by atoms with E-state index in [0.29, 0.717) is 5.88 Å². The lowest BCUT2D eigenvalue weighted by atomic mass is 9.89. The molecule has 0 bridgehead atoms. The highest BCUT2D eigenvalue weighted by Crippen LogP contribution is 2.44. The second kappa shape index (κ2) is 3.84. The predicted octanol–water partition coefficient (Wildman–Crippen LogP) is 4.16. The minimum Gasteiger partial charge on any atom is -0.457 e. The van der Waals surface area contributed by atoms with E-state index in [4.69, 9.17) is 16.3 Å². The molecule has 2 aromatic carbocycles. The van der Waals surface area contributed by atoms with Gasteiger partial charge in [0.25, 0.3) is 0 Å². The Kier molecular flexibility index (Phi) is 2.33. The molecule has 0 fully saturated rings. The van der Waals surface area contributed by atoms with Crippen LogP contribution in [0, 0.1) is 0 Å². The Hall–Kier alpha value is -1.47. The molecule has 80 valence electrons. The fourth-order valence-electron chi connectivity index (χ4n) is 2.17. The van der Waals surface area contributed by atoms with Crippen molar-refractivity contribution in [3.8, 4) is 11.5 Å². The van der Waals surface area contributed by atoms with E-state index < -0.39 is 0 Å². The van der Waals surface area contributed by atoms with Crippen molar-refractivity contribution in [2.75, 3.05) is 5.88 Å². The number of benzene rings is 2. The number of fused-ring (bicyclic) bond motifs is 2. The molecule has 1 aliphatic heterocycles. The Morgan fingerprint density at radius 3 is 1.88 bits per heavy atom. The number of ether oxygens (including phenoxy) is 1. The molecule has 0 atom stereocenters. The molecule has 0 saturated heterocycles. The van der Waals surface area contributed by atoms with Gasteiger partial charge < -0.3 is 4.74 Å². The standard InChI is InChI=1S/C14H11ClO/c15-9-12-10-5-1-3-7-13(10)16-14-8-4-2-6-11(12)14/h1-8,12H,9H2. The van der Waals surface area contributed by atoms with Crippen molar-refractivity contribution in [1.29, 1.82) is 0 Å². The van der Waals surface area contributed by atoms with Crippen molar-refractivity contribution >= 4 is 11.6 Å². The molecule has 16 heavy (non-hydrogen) atoms. The van der Waals surface area contributed by atoms with Gasteiger partial charge >= 0.3 is 0 Å². The minimum atomic E-state index is 0.239. The summed E-state index contributed by atoms with van der Waals surface area (Å²) in [6, 6.07) is 16.2. The number of hydrogen-bond donors (Lipinski definition) is 0. The molecule has 0 aliphatic carbocycles. The zero-order valence-corrected chi connectivity index (χ0v) is 9.45. The van der Waals surface area contributed by atoms with Crippen LogP contribution < -0.4 is 4.74 Å². The van der Waals surface area contributed by atoms with Gasteiger partial charge in [-0.1, -0.05) is 36.4 Å². The lowest BCUT2D eigenvalue weighted by Crippen LogP contribution is -2.11. The fraction of sp³-hybridized carbons (Fsp3) is 0.143. The van der Waals surface area contributed by atoms with Gasteiger partial charge in [0.1, 0.15) is 11.5 Å². The number of para-hydroxylation sites is 2. The molecular weight excluding hydrogens is 220 g/mol. The maximum atomic E-state index is 6.08. The molecule has 2 heteroatoms. The smallest absolute Gasteiger partial charge is 0.131 e. The first kappa shape index (κ1) is 9.73. The van der Waals surface area contributed by atoms with Crippen molar-refractivity contribution in [2.24, 2.45) is 0 Å². The van der Waals surface area contributed by atoms with Gasteiger partial charge in [0, 0.05) is 22.9 Å². The number of halogens is 1. The van der Waals surface area contributed by atoms with Gasteiger partial charge in [-0.15, -0.1) is 11.6 Å². The summed E-state index contributed by atoms with van der Waals surface area (Å²) < 4.78 is 5.85. The summed E-state index contributed by atoms with van der Waals surface area (Å²) in [5.74, 6) is 2.67. The molecule has 2 aromatic rings. The van der Waals surface area contributed by atoms with Gasteiger partial charge in [-0.25, -0.2) is 0 Å². The van der Waals surface area contributed by atoms with Crippen LogP contribution in [-0.2, 0) is 0 Å². The first-order valence-corrected chi connectivity index (χ1v) is 5.85. The molecule has 0 spiro atoms. The summed E-state index contributed by atoms with van der Waals surface area (Å²) in [6.45, 7) is 0. The topological polar surface area (TPSA) is 9.23 Å². The summed E-state index contributed by atoms with van der Waals surface area (Å²) in [5.41, 5.74) is 2.35. The Labute approximate surface area is 99.6 Å². The lowest BCUT2D eigenvalue weighted by Gasteiger charge is -2.26. The Morgan fingerprint density at radius 2 is 1.38 bits per heavy atom. The summed E-state index contributed by atoms with van der Waals surface area (Å²) in [4.78, 5) is 0. The van der Waals surface area contributed by atoms with Gasteiger partial charge in [0.15, 0.2) is 0 Å². The molecule has 0 amide bonds. The normalized spacial score (nSPS) is 13.8.